The van der Waals surface area contributed by atoms with Crippen molar-refractivity contribution in [3.05, 3.63) is 48.5 Å². The van der Waals surface area contributed by atoms with Crippen LogP contribution in [0.25, 0.3) is 11.1 Å². The molecule has 2 aromatic heterocycles. The third-order valence-corrected chi connectivity index (χ3v) is 6.41. The summed E-state index contributed by atoms with van der Waals surface area (Å²) in [4.78, 5) is 22.4. The molecular formula is C24H27N9O. The fourth-order valence-electron chi connectivity index (χ4n) is 4.25. The van der Waals surface area contributed by atoms with Crippen molar-refractivity contribution >= 4 is 23.2 Å². The van der Waals surface area contributed by atoms with Gasteiger partial charge in [0.25, 0.3) is 0 Å². The Morgan fingerprint density at radius 1 is 1.15 bits per heavy atom. The van der Waals surface area contributed by atoms with Crippen LogP contribution in [0.15, 0.2) is 43.0 Å². The van der Waals surface area contributed by atoms with E-state index in [2.05, 4.69) is 37.1 Å². The number of hydrogen-bond acceptors (Lipinski definition) is 8. The molecule has 0 aliphatic carbocycles. The predicted octanol–water partition coefficient (Wildman–Crippen LogP) is 2.52. The zero-order valence-corrected chi connectivity index (χ0v) is 19.0. The molecule has 3 N–H and O–H groups in total. The smallest absolute Gasteiger partial charge is 0.227 e. The van der Waals surface area contributed by atoms with E-state index in [0.29, 0.717) is 23.6 Å². The standard InChI is InChI=1S/C24H27N9O/c1-16(34)32-6-4-22(5-7-32)33-15-19(12-29-33)18-10-27-24(28-11-18)31-20-3-2-17(9-25)23(8-20)30-21-13-26-14-21/h2-3,8,10-12,15,21-22,26,30H,4-7,13-14H2,1H3,(H,27,28,31). The Morgan fingerprint density at radius 2 is 1.91 bits per heavy atom. The van der Waals surface area contributed by atoms with Crippen LogP contribution in [0.2, 0.25) is 0 Å². The molecule has 5 rings (SSSR count). The van der Waals surface area contributed by atoms with Crippen molar-refractivity contribution in [2.45, 2.75) is 31.8 Å². The highest BCUT2D eigenvalue weighted by Crippen LogP contribution is 2.26. The van der Waals surface area contributed by atoms with E-state index in [4.69, 9.17) is 0 Å². The Morgan fingerprint density at radius 3 is 2.56 bits per heavy atom. The molecule has 1 aromatic carbocycles. The van der Waals surface area contributed by atoms with Crippen LogP contribution in [-0.4, -0.2) is 62.8 Å². The van der Waals surface area contributed by atoms with E-state index in [1.54, 1.807) is 25.4 Å². The Labute approximate surface area is 198 Å². The van der Waals surface area contributed by atoms with Gasteiger partial charge >= 0.3 is 0 Å². The third-order valence-electron chi connectivity index (χ3n) is 6.41. The lowest BCUT2D eigenvalue weighted by Gasteiger charge is -2.31. The number of rotatable bonds is 6. The number of nitrogens with one attached hydrogen (secondary N) is 3. The van der Waals surface area contributed by atoms with E-state index in [9.17, 15) is 10.1 Å². The molecule has 10 heteroatoms. The van der Waals surface area contributed by atoms with Crippen molar-refractivity contribution in [3.8, 4) is 17.2 Å². The first-order valence-corrected chi connectivity index (χ1v) is 11.5. The van der Waals surface area contributed by atoms with Crippen LogP contribution in [0, 0.1) is 11.3 Å². The number of amides is 1. The SMILES string of the molecule is CC(=O)N1CCC(n2cc(-c3cnc(Nc4ccc(C#N)c(NC5CNC5)c4)nc3)cn2)CC1. The third kappa shape index (κ3) is 4.70. The highest BCUT2D eigenvalue weighted by molar-refractivity contribution is 5.73. The number of piperidine rings is 1. The van der Waals surface area contributed by atoms with Crippen LogP contribution in [0.5, 0.6) is 0 Å². The number of aromatic nitrogens is 4. The lowest BCUT2D eigenvalue weighted by molar-refractivity contribution is -0.130. The van der Waals surface area contributed by atoms with Gasteiger partial charge in [0.1, 0.15) is 6.07 Å². The van der Waals surface area contributed by atoms with Gasteiger partial charge in [-0.1, -0.05) is 0 Å². The molecule has 174 valence electrons. The van der Waals surface area contributed by atoms with Crippen LogP contribution >= 0.6 is 0 Å². The molecule has 2 fully saturated rings. The summed E-state index contributed by atoms with van der Waals surface area (Å²) < 4.78 is 1.99. The summed E-state index contributed by atoms with van der Waals surface area (Å²) in [5.41, 5.74) is 4.07. The first-order valence-electron chi connectivity index (χ1n) is 11.5. The topological polar surface area (TPSA) is 124 Å². The zero-order chi connectivity index (χ0) is 23.5. The van der Waals surface area contributed by atoms with Crippen molar-refractivity contribution in [2.24, 2.45) is 0 Å². The van der Waals surface area contributed by atoms with Gasteiger partial charge in [0.2, 0.25) is 11.9 Å². The van der Waals surface area contributed by atoms with Crippen LogP contribution in [0.3, 0.4) is 0 Å². The van der Waals surface area contributed by atoms with Gasteiger partial charge in [-0.3, -0.25) is 9.48 Å². The maximum atomic E-state index is 11.5. The molecule has 0 bridgehead atoms. The highest BCUT2D eigenvalue weighted by atomic mass is 16.2. The normalized spacial score (nSPS) is 16.5. The van der Waals surface area contributed by atoms with Crippen LogP contribution in [0.4, 0.5) is 17.3 Å². The van der Waals surface area contributed by atoms with E-state index in [-0.39, 0.29) is 5.91 Å². The van der Waals surface area contributed by atoms with Crippen LogP contribution in [-0.2, 0) is 4.79 Å². The van der Waals surface area contributed by atoms with E-state index in [1.165, 1.54) is 0 Å². The fourth-order valence-corrected chi connectivity index (χ4v) is 4.25. The number of nitriles is 1. The van der Waals surface area contributed by atoms with E-state index in [0.717, 1.165) is 61.5 Å². The van der Waals surface area contributed by atoms with Crippen molar-refractivity contribution < 1.29 is 4.79 Å². The molecule has 0 saturated carbocycles. The second-order valence-corrected chi connectivity index (χ2v) is 8.74. The number of hydrogen-bond donors (Lipinski definition) is 3. The van der Waals surface area contributed by atoms with Gasteiger partial charge in [0.05, 0.1) is 29.5 Å². The average Bonchev–Trinajstić information content (AvgIpc) is 3.32. The minimum atomic E-state index is 0.134. The molecule has 2 aliphatic rings. The molecule has 0 spiro atoms. The second-order valence-electron chi connectivity index (χ2n) is 8.74. The summed E-state index contributed by atoms with van der Waals surface area (Å²) in [5.74, 6) is 0.614. The molecule has 1 amide bonds. The average molecular weight is 458 g/mol. The minimum absolute atomic E-state index is 0.134. The molecule has 4 heterocycles. The molecule has 0 radical (unpaired) electrons. The van der Waals surface area contributed by atoms with Gasteiger partial charge in [-0.15, -0.1) is 0 Å². The van der Waals surface area contributed by atoms with Crippen molar-refractivity contribution in [1.29, 1.82) is 5.26 Å². The van der Waals surface area contributed by atoms with Gasteiger partial charge < -0.3 is 20.9 Å². The van der Waals surface area contributed by atoms with Gasteiger partial charge in [-0.05, 0) is 31.0 Å². The van der Waals surface area contributed by atoms with E-state index in [1.807, 2.05) is 34.1 Å². The maximum Gasteiger partial charge on any atom is 0.227 e. The van der Waals surface area contributed by atoms with Gasteiger partial charge in [0, 0.05) is 68.5 Å². The lowest BCUT2D eigenvalue weighted by Crippen LogP contribution is -2.51. The summed E-state index contributed by atoms with van der Waals surface area (Å²) in [6.07, 6.45) is 9.21. The van der Waals surface area contributed by atoms with Gasteiger partial charge in [-0.2, -0.15) is 10.4 Å². The Kier molecular flexibility index (Phi) is 6.10. The van der Waals surface area contributed by atoms with Crippen LogP contribution < -0.4 is 16.0 Å². The monoisotopic (exact) mass is 457 g/mol. The number of carbonyl (C=O) groups excluding carboxylic acids is 1. The molecule has 2 saturated heterocycles. The highest BCUT2D eigenvalue weighted by Gasteiger charge is 2.22. The van der Waals surface area contributed by atoms with Crippen molar-refractivity contribution in [3.63, 3.8) is 0 Å². The summed E-state index contributed by atoms with van der Waals surface area (Å²) in [6.45, 7) is 4.93. The number of benzene rings is 1. The van der Waals surface area contributed by atoms with Crippen LogP contribution in [0.1, 0.15) is 31.4 Å². The first-order chi connectivity index (χ1) is 16.6. The molecule has 34 heavy (non-hydrogen) atoms. The summed E-state index contributed by atoms with van der Waals surface area (Å²) in [7, 11) is 0. The largest absolute Gasteiger partial charge is 0.379 e. The molecule has 0 unspecified atom stereocenters. The predicted molar refractivity (Wildman–Crippen MR) is 128 cm³/mol. The number of anilines is 3. The molecule has 3 aromatic rings. The quantitative estimate of drug-likeness (QED) is 0.516. The summed E-state index contributed by atoms with van der Waals surface area (Å²) in [6, 6.07) is 8.41. The molecule has 10 nitrogen and oxygen atoms in total. The summed E-state index contributed by atoms with van der Waals surface area (Å²) in [5, 5.41) is 23.8. The zero-order valence-electron chi connectivity index (χ0n) is 19.0. The van der Waals surface area contributed by atoms with E-state index >= 15 is 0 Å². The minimum Gasteiger partial charge on any atom is -0.379 e. The van der Waals surface area contributed by atoms with Gasteiger partial charge in [0.15, 0.2) is 0 Å². The number of carbonyl (C=O) groups is 1. The Bertz CT molecular complexity index is 1200. The van der Waals surface area contributed by atoms with Gasteiger partial charge in [-0.25, -0.2) is 9.97 Å². The first kappa shape index (κ1) is 21.9. The Balaban J connectivity index is 1.24. The van der Waals surface area contributed by atoms with Crippen molar-refractivity contribution in [1.82, 2.24) is 30.0 Å². The lowest BCUT2D eigenvalue weighted by atomic mass is 10.1. The Hall–Kier alpha value is -3.97. The van der Waals surface area contributed by atoms with Crippen molar-refractivity contribution in [2.75, 3.05) is 36.8 Å². The van der Waals surface area contributed by atoms with E-state index < -0.39 is 0 Å². The molecule has 0 atom stereocenters. The molecule has 2 aliphatic heterocycles. The fraction of sp³-hybridized carbons (Fsp3) is 0.375. The second kappa shape index (κ2) is 9.49. The summed E-state index contributed by atoms with van der Waals surface area (Å²) >= 11 is 0. The number of nitrogens with zero attached hydrogens (tertiary/aromatic N) is 6. The maximum absolute atomic E-state index is 11.5. The molecular weight excluding hydrogens is 430 g/mol. The number of likely N-dealkylation sites (tertiary alicyclic amines) is 1.